The van der Waals surface area contributed by atoms with E-state index >= 15 is 0 Å². The maximum absolute atomic E-state index is 13.2. The number of aryl methyl sites for hydroxylation is 2. The lowest BCUT2D eigenvalue weighted by Crippen LogP contribution is -2.56. The number of sulfonamides is 1. The molecule has 0 radical (unpaired) electrons. The highest BCUT2D eigenvalue weighted by molar-refractivity contribution is 7.89. The molecule has 1 aromatic rings. The predicted molar refractivity (Wildman–Crippen MR) is 129 cm³/mol. The first-order valence-corrected chi connectivity index (χ1v) is 14.3. The highest BCUT2D eigenvalue weighted by Gasteiger charge is 2.36. The van der Waals surface area contributed by atoms with Crippen molar-refractivity contribution in [3.63, 3.8) is 0 Å². The van der Waals surface area contributed by atoms with Crippen molar-refractivity contribution in [2.45, 2.75) is 56.3 Å². The van der Waals surface area contributed by atoms with Crippen LogP contribution in [0.4, 0.5) is 4.79 Å². The first-order chi connectivity index (χ1) is 16.4. The quantitative estimate of drug-likeness (QED) is 0.654. The van der Waals surface area contributed by atoms with Crippen molar-refractivity contribution >= 4 is 22.0 Å². The molecule has 0 bridgehead atoms. The van der Waals surface area contributed by atoms with Gasteiger partial charge < -0.3 is 14.7 Å². The zero-order valence-electron chi connectivity index (χ0n) is 20.0. The maximum atomic E-state index is 13.2. The molecule has 5 rings (SSSR count). The van der Waals surface area contributed by atoms with E-state index in [-0.39, 0.29) is 17.9 Å². The predicted octanol–water partition coefficient (Wildman–Crippen LogP) is 2.33. The molecule has 186 valence electrons. The summed E-state index contributed by atoms with van der Waals surface area (Å²) < 4.78 is 27.9. The van der Waals surface area contributed by atoms with Crippen LogP contribution in [0, 0.1) is 5.92 Å². The van der Waals surface area contributed by atoms with Gasteiger partial charge in [-0.1, -0.05) is 6.07 Å². The van der Waals surface area contributed by atoms with Gasteiger partial charge in [-0.25, -0.2) is 13.2 Å². The summed E-state index contributed by atoms with van der Waals surface area (Å²) in [7, 11) is -3.53. The summed E-state index contributed by atoms with van der Waals surface area (Å²) >= 11 is 0. The topological polar surface area (TPSA) is 81.2 Å². The van der Waals surface area contributed by atoms with E-state index in [1.165, 1.54) is 12.0 Å². The third-order valence-corrected chi connectivity index (χ3v) is 9.89. The van der Waals surface area contributed by atoms with E-state index < -0.39 is 10.0 Å². The molecular formula is C25H36N4O4S. The van der Waals surface area contributed by atoms with E-state index in [2.05, 4.69) is 0 Å². The Kier molecular flexibility index (Phi) is 6.84. The number of amides is 3. The molecule has 3 amide bonds. The Labute approximate surface area is 202 Å². The van der Waals surface area contributed by atoms with Crippen LogP contribution in [0.1, 0.15) is 49.7 Å². The van der Waals surface area contributed by atoms with Gasteiger partial charge in [-0.2, -0.15) is 4.31 Å². The normalized spacial score (nSPS) is 22.6. The van der Waals surface area contributed by atoms with Gasteiger partial charge >= 0.3 is 6.03 Å². The van der Waals surface area contributed by atoms with Crippen LogP contribution < -0.4 is 0 Å². The van der Waals surface area contributed by atoms with Crippen molar-refractivity contribution < 1.29 is 18.0 Å². The van der Waals surface area contributed by atoms with Gasteiger partial charge in [0.2, 0.25) is 15.9 Å². The molecule has 0 saturated carbocycles. The number of carbonyl (C=O) groups excluding carboxylic acids is 2. The van der Waals surface area contributed by atoms with Crippen molar-refractivity contribution in [1.29, 1.82) is 0 Å². The van der Waals surface area contributed by atoms with Crippen molar-refractivity contribution in [1.82, 2.24) is 19.0 Å². The van der Waals surface area contributed by atoms with Gasteiger partial charge in [-0.15, -0.1) is 0 Å². The van der Waals surface area contributed by atoms with Gasteiger partial charge in [0.05, 0.1) is 4.90 Å². The van der Waals surface area contributed by atoms with Crippen LogP contribution in [-0.2, 0) is 27.7 Å². The molecular weight excluding hydrogens is 452 g/mol. The molecule has 3 fully saturated rings. The minimum Gasteiger partial charge on any atom is -0.339 e. The molecule has 4 aliphatic rings. The fourth-order valence-corrected chi connectivity index (χ4v) is 7.38. The molecule has 3 aliphatic heterocycles. The maximum Gasteiger partial charge on any atom is 0.320 e. The fraction of sp³-hybridized carbons (Fsp3) is 0.680. The fourth-order valence-electron chi connectivity index (χ4n) is 5.86. The number of hydrogen-bond donors (Lipinski definition) is 0. The lowest BCUT2D eigenvalue weighted by atomic mass is 9.96. The van der Waals surface area contributed by atoms with E-state index in [1.54, 1.807) is 10.4 Å². The SMILES string of the molecule is O=C(C1CCN(S(=O)(=O)c2ccc3c(c2)CCC3)CC1)N1CCN(C(=O)N2CCCCC2)CC1. The molecule has 1 aromatic carbocycles. The van der Waals surface area contributed by atoms with Crippen LogP contribution in [0.3, 0.4) is 0 Å². The summed E-state index contributed by atoms with van der Waals surface area (Å²) in [5.74, 6) is -0.0320. The third-order valence-electron chi connectivity index (χ3n) is 8.00. The number of likely N-dealkylation sites (tertiary alicyclic amines) is 1. The largest absolute Gasteiger partial charge is 0.339 e. The zero-order chi connectivity index (χ0) is 23.7. The molecule has 34 heavy (non-hydrogen) atoms. The third kappa shape index (κ3) is 4.69. The Hall–Kier alpha value is -2.13. The summed E-state index contributed by atoms with van der Waals surface area (Å²) in [6, 6.07) is 5.65. The molecule has 0 N–H and O–H groups in total. The molecule has 1 aliphatic carbocycles. The average molecular weight is 489 g/mol. The molecule has 0 atom stereocenters. The lowest BCUT2D eigenvalue weighted by molar-refractivity contribution is -0.138. The Bertz CT molecular complexity index is 1020. The number of benzene rings is 1. The molecule has 9 heteroatoms. The first kappa shape index (κ1) is 23.6. The smallest absolute Gasteiger partial charge is 0.320 e. The van der Waals surface area contributed by atoms with E-state index in [0.717, 1.165) is 50.8 Å². The Morgan fingerprint density at radius 3 is 2.03 bits per heavy atom. The van der Waals surface area contributed by atoms with Gasteiger partial charge in [0, 0.05) is 58.3 Å². The number of piperazine rings is 1. The number of urea groups is 1. The van der Waals surface area contributed by atoms with Crippen LogP contribution in [-0.4, -0.2) is 91.7 Å². The first-order valence-electron chi connectivity index (χ1n) is 12.9. The molecule has 0 aromatic heterocycles. The van der Waals surface area contributed by atoms with Crippen LogP contribution >= 0.6 is 0 Å². The van der Waals surface area contributed by atoms with E-state index in [9.17, 15) is 18.0 Å². The van der Waals surface area contributed by atoms with Crippen molar-refractivity contribution in [2.24, 2.45) is 5.92 Å². The van der Waals surface area contributed by atoms with E-state index in [4.69, 9.17) is 0 Å². The van der Waals surface area contributed by atoms with Crippen molar-refractivity contribution in [2.75, 3.05) is 52.4 Å². The van der Waals surface area contributed by atoms with Gasteiger partial charge in [-0.3, -0.25) is 4.79 Å². The summed E-state index contributed by atoms with van der Waals surface area (Å²) in [5, 5.41) is 0. The molecule has 0 unspecified atom stereocenters. The van der Waals surface area contributed by atoms with Crippen LogP contribution in [0.25, 0.3) is 0 Å². The van der Waals surface area contributed by atoms with Gasteiger partial charge in [0.15, 0.2) is 0 Å². The minimum atomic E-state index is -3.53. The summed E-state index contributed by atoms with van der Waals surface area (Å²) in [6.45, 7) is 4.71. The monoisotopic (exact) mass is 488 g/mol. The second-order valence-electron chi connectivity index (χ2n) is 10.1. The number of piperidine rings is 2. The molecule has 8 nitrogen and oxygen atoms in total. The van der Waals surface area contributed by atoms with Gasteiger partial charge in [-0.05, 0) is 74.6 Å². The van der Waals surface area contributed by atoms with Crippen LogP contribution in [0.15, 0.2) is 23.1 Å². The average Bonchev–Trinajstić information content (AvgIpc) is 3.37. The number of rotatable bonds is 3. The highest BCUT2D eigenvalue weighted by atomic mass is 32.2. The second kappa shape index (κ2) is 9.85. The van der Waals surface area contributed by atoms with Crippen molar-refractivity contribution in [3.05, 3.63) is 29.3 Å². The molecule has 0 spiro atoms. The van der Waals surface area contributed by atoms with Crippen LogP contribution in [0.5, 0.6) is 0 Å². The summed E-state index contributed by atoms with van der Waals surface area (Å²) in [5.41, 5.74) is 2.42. The van der Waals surface area contributed by atoms with E-state index in [0.29, 0.717) is 57.0 Å². The Morgan fingerprint density at radius 2 is 1.32 bits per heavy atom. The zero-order valence-corrected chi connectivity index (χ0v) is 20.8. The van der Waals surface area contributed by atoms with Crippen LogP contribution in [0.2, 0.25) is 0 Å². The number of fused-ring (bicyclic) bond motifs is 1. The second-order valence-corrected chi connectivity index (χ2v) is 12.0. The molecule has 3 heterocycles. The Balaban J connectivity index is 1.12. The summed E-state index contributed by atoms with van der Waals surface area (Å²) in [4.78, 5) is 31.9. The lowest BCUT2D eigenvalue weighted by Gasteiger charge is -2.40. The Morgan fingerprint density at radius 1 is 0.706 bits per heavy atom. The van der Waals surface area contributed by atoms with Gasteiger partial charge in [0.25, 0.3) is 0 Å². The number of nitrogens with zero attached hydrogens (tertiary/aromatic N) is 4. The summed E-state index contributed by atoms with van der Waals surface area (Å²) in [6.07, 6.45) is 7.52. The highest BCUT2D eigenvalue weighted by Crippen LogP contribution is 2.29. The van der Waals surface area contributed by atoms with Crippen molar-refractivity contribution in [3.8, 4) is 0 Å². The number of carbonyl (C=O) groups is 2. The number of hydrogen-bond acceptors (Lipinski definition) is 4. The van der Waals surface area contributed by atoms with Gasteiger partial charge in [0.1, 0.15) is 0 Å². The molecule has 3 saturated heterocycles. The standard InChI is InChI=1S/C25H36N4O4S/c30-24(26-15-17-28(18-16-26)25(31)27-11-2-1-3-12-27)21-9-13-29(14-10-21)34(32,33)23-8-7-20-5-4-6-22(20)19-23/h7-8,19,21H,1-6,9-18H2. The van der Waals surface area contributed by atoms with E-state index in [1.807, 2.05) is 26.8 Å². The minimum absolute atomic E-state index is 0.108.